The van der Waals surface area contributed by atoms with Crippen molar-refractivity contribution in [3.63, 3.8) is 0 Å². The van der Waals surface area contributed by atoms with Crippen molar-refractivity contribution in [2.75, 3.05) is 6.61 Å². The lowest BCUT2D eigenvalue weighted by Gasteiger charge is -2.20. The van der Waals surface area contributed by atoms with Crippen LogP contribution in [-0.4, -0.2) is 34.9 Å². The molecule has 0 aliphatic heterocycles. The number of carbonyl (C=O) groups is 1. The van der Waals surface area contributed by atoms with Crippen molar-refractivity contribution in [2.45, 2.75) is 142 Å². The standard InChI is InChI=1S/C38H59N3O3/c1-3-4-5-6-7-8-9-10-11-12-13-14-18-21-37(43)36(31-42)39-38(44)22-19-16-15-17-20-33-25-29-35(30-26-33)41-40-34-27-23-32(2)24-28-34/h18,21,23-30,36-37,42-43H,3-17,19-20,22,31H2,1-2H3,(H,39,44)/b21-18+,41-40?/t36-,37+/m0/s1. The average Bonchev–Trinajstić information content (AvgIpc) is 3.04. The van der Waals surface area contributed by atoms with E-state index in [0.29, 0.717) is 6.42 Å². The van der Waals surface area contributed by atoms with Gasteiger partial charge in [-0.05, 0) is 68.9 Å². The van der Waals surface area contributed by atoms with E-state index in [9.17, 15) is 15.0 Å². The number of nitrogens with zero attached hydrogens (tertiary/aromatic N) is 2. The second-order valence-corrected chi connectivity index (χ2v) is 12.2. The molecular formula is C38H59N3O3. The van der Waals surface area contributed by atoms with Crippen LogP contribution in [0, 0.1) is 6.92 Å². The van der Waals surface area contributed by atoms with E-state index < -0.39 is 12.1 Å². The van der Waals surface area contributed by atoms with Crippen molar-refractivity contribution in [1.82, 2.24) is 5.32 Å². The number of hydrogen-bond acceptors (Lipinski definition) is 5. The molecule has 0 saturated carbocycles. The van der Waals surface area contributed by atoms with Crippen LogP contribution in [-0.2, 0) is 11.2 Å². The molecule has 2 atom stereocenters. The van der Waals surface area contributed by atoms with E-state index in [1.165, 1.54) is 75.3 Å². The number of allylic oxidation sites excluding steroid dienone is 1. The molecule has 0 radical (unpaired) electrons. The fourth-order valence-electron chi connectivity index (χ4n) is 5.24. The van der Waals surface area contributed by atoms with Gasteiger partial charge in [-0.2, -0.15) is 10.2 Å². The van der Waals surface area contributed by atoms with E-state index in [1.807, 2.05) is 42.5 Å². The highest BCUT2D eigenvalue weighted by Gasteiger charge is 2.17. The molecule has 0 spiro atoms. The van der Waals surface area contributed by atoms with Gasteiger partial charge >= 0.3 is 0 Å². The van der Waals surface area contributed by atoms with Crippen LogP contribution in [0.5, 0.6) is 0 Å². The van der Waals surface area contributed by atoms with Crippen molar-refractivity contribution in [1.29, 1.82) is 0 Å². The van der Waals surface area contributed by atoms with E-state index in [4.69, 9.17) is 0 Å². The number of azo groups is 1. The molecule has 2 aromatic rings. The van der Waals surface area contributed by atoms with Crippen LogP contribution in [0.15, 0.2) is 70.9 Å². The number of amides is 1. The van der Waals surface area contributed by atoms with E-state index in [-0.39, 0.29) is 12.5 Å². The summed E-state index contributed by atoms with van der Waals surface area (Å²) in [7, 11) is 0. The topological polar surface area (TPSA) is 94.3 Å². The van der Waals surface area contributed by atoms with E-state index >= 15 is 0 Å². The molecule has 3 N–H and O–H groups in total. The summed E-state index contributed by atoms with van der Waals surface area (Å²) in [5.74, 6) is -0.114. The van der Waals surface area contributed by atoms with Gasteiger partial charge in [-0.3, -0.25) is 4.79 Å². The highest BCUT2D eigenvalue weighted by molar-refractivity contribution is 5.76. The molecule has 2 aromatic carbocycles. The van der Waals surface area contributed by atoms with Gasteiger partial charge in [0.15, 0.2) is 0 Å². The third-order valence-corrected chi connectivity index (χ3v) is 8.13. The summed E-state index contributed by atoms with van der Waals surface area (Å²) in [4.78, 5) is 12.4. The maximum atomic E-state index is 12.4. The minimum Gasteiger partial charge on any atom is -0.394 e. The van der Waals surface area contributed by atoms with Gasteiger partial charge < -0.3 is 15.5 Å². The summed E-state index contributed by atoms with van der Waals surface area (Å²) in [5.41, 5.74) is 4.16. The van der Waals surface area contributed by atoms with Crippen LogP contribution in [0.25, 0.3) is 0 Å². The second-order valence-electron chi connectivity index (χ2n) is 12.2. The molecule has 6 nitrogen and oxygen atoms in total. The molecule has 0 heterocycles. The Morgan fingerprint density at radius 1 is 0.750 bits per heavy atom. The van der Waals surface area contributed by atoms with Crippen LogP contribution in [0.1, 0.15) is 127 Å². The molecule has 0 saturated heterocycles. The number of unbranched alkanes of at least 4 members (excludes halogenated alkanes) is 14. The maximum Gasteiger partial charge on any atom is 0.220 e. The largest absolute Gasteiger partial charge is 0.394 e. The van der Waals surface area contributed by atoms with Gasteiger partial charge in [0.05, 0.1) is 30.1 Å². The summed E-state index contributed by atoms with van der Waals surface area (Å²) >= 11 is 0. The first-order chi connectivity index (χ1) is 21.5. The lowest BCUT2D eigenvalue weighted by atomic mass is 10.0. The molecule has 1 amide bonds. The van der Waals surface area contributed by atoms with Gasteiger partial charge in [0.2, 0.25) is 5.91 Å². The fourth-order valence-corrected chi connectivity index (χ4v) is 5.24. The van der Waals surface area contributed by atoms with Gasteiger partial charge in [0, 0.05) is 6.42 Å². The monoisotopic (exact) mass is 605 g/mol. The Morgan fingerprint density at radius 3 is 1.86 bits per heavy atom. The quantitative estimate of drug-likeness (QED) is 0.0597. The predicted molar refractivity (Wildman–Crippen MR) is 184 cm³/mol. The van der Waals surface area contributed by atoms with Crippen molar-refractivity contribution in [3.8, 4) is 0 Å². The third-order valence-electron chi connectivity index (χ3n) is 8.13. The predicted octanol–water partition coefficient (Wildman–Crippen LogP) is 10.00. The molecule has 44 heavy (non-hydrogen) atoms. The first-order valence-corrected chi connectivity index (χ1v) is 17.3. The number of rotatable bonds is 25. The number of aryl methyl sites for hydroxylation is 2. The van der Waals surface area contributed by atoms with Crippen LogP contribution in [0.4, 0.5) is 11.4 Å². The number of hydrogen-bond donors (Lipinski definition) is 3. The minimum absolute atomic E-state index is 0.114. The smallest absolute Gasteiger partial charge is 0.220 e. The van der Waals surface area contributed by atoms with Gasteiger partial charge in [-0.1, -0.05) is 126 Å². The molecule has 0 bridgehead atoms. The molecule has 0 fully saturated rings. The van der Waals surface area contributed by atoms with Crippen molar-refractivity contribution >= 4 is 17.3 Å². The molecule has 0 aliphatic rings. The highest BCUT2D eigenvalue weighted by atomic mass is 16.3. The number of aliphatic hydroxyl groups excluding tert-OH is 2. The summed E-state index contributed by atoms with van der Waals surface area (Å²) in [6.07, 6.45) is 23.5. The van der Waals surface area contributed by atoms with Crippen LogP contribution in [0.3, 0.4) is 0 Å². The molecule has 0 aromatic heterocycles. The van der Waals surface area contributed by atoms with Gasteiger partial charge in [0.1, 0.15) is 0 Å². The Morgan fingerprint density at radius 2 is 1.27 bits per heavy atom. The molecule has 0 unspecified atom stereocenters. The average molecular weight is 606 g/mol. The van der Waals surface area contributed by atoms with Crippen molar-refractivity contribution in [3.05, 3.63) is 71.8 Å². The van der Waals surface area contributed by atoms with E-state index in [2.05, 4.69) is 41.5 Å². The highest BCUT2D eigenvalue weighted by Crippen LogP contribution is 2.20. The van der Waals surface area contributed by atoms with Crippen molar-refractivity contribution < 1.29 is 15.0 Å². The fraction of sp³-hybridized carbons (Fsp3) is 0.605. The first kappa shape index (κ1) is 37.4. The molecule has 2 rings (SSSR count). The summed E-state index contributed by atoms with van der Waals surface area (Å²) in [6.45, 7) is 4.04. The zero-order chi connectivity index (χ0) is 31.7. The van der Waals surface area contributed by atoms with Crippen molar-refractivity contribution in [2.24, 2.45) is 10.2 Å². The van der Waals surface area contributed by atoms with Crippen LogP contribution < -0.4 is 5.32 Å². The van der Waals surface area contributed by atoms with Crippen LogP contribution >= 0.6 is 0 Å². The summed E-state index contributed by atoms with van der Waals surface area (Å²) < 4.78 is 0. The SMILES string of the molecule is CCCCCCCCCCCCC/C=C/[C@@H](O)[C@H](CO)NC(=O)CCCCCCc1ccc(N=Nc2ccc(C)cc2)cc1. The molecule has 6 heteroatoms. The zero-order valence-corrected chi connectivity index (χ0v) is 27.6. The Labute approximate surface area is 267 Å². The zero-order valence-electron chi connectivity index (χ0n) is 27.6. The lowest BCUT2D eigenvalue weighted by Crippen LogP contribution is -2.45. The number of carbonyl (C=O) groups excluding carboxylic acids is 1. The maximum absolute atomic E-state index is 12.4. The minimum atomic E-state index is -0.868. The second kappa shape index (κ2) is 24.5. The van der Waals surface area contributed by atoms with Gasteiger partial charge in [-0.15, -0.1) is 0 Å². The third kappa shape index (κ3) is 18.1. The number of aliphatic hydroxyl groups is 2. The Hall–Kier alpha value is -2.83. The molecule has 244 valence electrons. The lowest BCUT2D eigenvalue weighted by molar-refractivity contribution is -0.123. The Balaban J connectivity index is 1.49. The first-order valence-electron chi connectivity index (χ1n) is 17.3. The van der Waals surface area contributed by atoms with Crippen LogP contribution in [0.2, 0.25) is 0 Å². The Bertz CT molecular complexity index is 1050. The van der Waals surface area contributed by atoms with Gasteiger partial charge in [0.25, 0.3) is 0 Å². The summed E-state index contributed by atoms with van der Waals surface area (Å²) in [6, 6.07) is 15.5. The van der Waals surface area contributed by atoms with E-state index in [1.54, 1.807) is 6.08 Å². The number of benzene rings is 2. The number of nitrogens with one attached hydrogen (secondary N) is 1. The van der Waals surface area contributed by atoms with E-state index in [0.717, 1.165) is 56.3 Å². The Kier molecular flexibility index (Phi) is 20.8. The molecular weight excluding hydrogens is 546 g/mol. The van der Waals surface area contributed by atoms with Gasteiger partial charge in [-0.25, -0.2) is 0 Å². The summed E-state index contributed by atoms with van der Waals surface area (Å²) in [5, 5.41) is 31.5. The molecule has 0 aliphatic carbocycles. The normalized spacial score (nSPS) is 13.1.